The van der Waals surface area contributed by atoms with E-state index in [1.165, 1.54) is 12.6 Å². The summed E-state index contributed by atoms with van der Waals surface area (Å²) < 4.78 is 19.0. The summed E-state index contributed by atoms with van der Waals surface area (Å²) in [5.74, 6) is -0.278. The number of nitrogens with zero attached hydrogens (tertiary/aromatic N) is 1. The second kappa shape index (κ2) is 6.81. The van der Waals surface area contributed by atoms with Crippen LogP contribution in [0.2, 0.25) is 0 Å². The average molecular weight is 252 g/mol. The molecule has 2 atom stereocenters. The van der Waals surface area contributed by atoms with Crippen LogP contribution in [0, 0.1) is 5.82 Å². The van der Waals surface area contributed by atoms with Crippen molar-refractivity contribution in [3.63, 3.8) is 0 Å². The van der Waals surface area contributed by atoms with Crippen LogP contribution in [-0.2, 0) is 4.74 Å². The molecule has 2 heterocycles. The van der Waals surface area contributed by atoms with E-state index < -0.39 is 0 Å². The molecule has 1 saturated heterocycles. The summed E-state index contributed by atoms with van der Waals surface area (Å²) in [6, 6.07) is 1.68. The highest BCUT2D eigenvalue weighted by molar-refractivity contribution is 5.15. The molecule has 2 rings (SSSR count). The maximum atomic E-state index is 13.2. The maximum absolute atomic E-state index is 13.2. The number of aromatic nitrogens is 1. The number of hydrogen-bond donors (Lipinski definition) is 1. The van der Waals surface area contributed by atoms with Gasteiger partial charge in [0.15, 0.2) is 0 Å². The van der Waals surface area contributed by atoms with Crippen LogP contribution in [0.15, 0.2) is 18.5 Å². The molecular formula is C14H21FN2O. The summed E-state index contributed by atoms with van der Waals surface area (Å²) in [6.07, 6.45) is 7.63. The van der Waals surface area contributed by atoms with Gasteiger partial charge in [-0.05, 0) is 43.9 Å². The second-order valence-corrected chi connectivity index (χ2v) is 4.77. The van der Waals surface area contributed by atoms with E-state index >= 15 is 0 Å². The monoisotopic (exact) mass is 252 g/mol. The van der Waals surface area contributed by atoms with Gasteiger partial charge in [-0.1, -0.05) is 6.92 Å². The molecule has 18 heavy (non-hydrogen) atoms. The van der Waals surface area contributed by atoms with Crippen molar-refractivity contribution in [3.05, 3.63) is 29.8 Å². The minimum Gasteiger partial charge on any atom is -0.378 e. The first-order valence-corrected chi connectivity index (χ1v) is 6.75. The quantitative estimate of drug-likeness (QED) is 0.875. The fourth-order valence-electron chi connectivity index (χ4n) is 2.46. The van der Waals surface area contributed by atoms with Crippen molar-refractivity contribution in [2.24, 2.45) is 0 Å². The number of pyridine rings is 1. The Hall–Kier alpha value is -1.00. The molecule has 0 aromatic carbocycles. The van der Waals surface area contributed by atoms with E-state index in [0.29, 0.717) is 0 Å². The van der Waals surface area contributed by atoms with Crippen molar-refractivity contribution in [2.45, 2.75) is 44.8 Å². The third-order valence-corrected chi connectivity index (χ3v) is 3.35. The van der Waals surface area contributed by atoms with Crippen LogP contribution in [0.25, 0.3) is 0 Å². The van der Waals surface area contributed by atoms with Crippen molar-refractivity contribution in [1.82, 2.24) is 10.3 Å². The van der Waals surface area contributed by atoms with E-state index in [9.17, 15) is 4.39 Å². The van der Waals surface area contributed by atoms with Crippen LogP contribution in [0.3, 0.4) is 0 Å². The van der Waals surface area contributed by atoms with E-state index in [2.05, 4.69) is 17.2 Å². The highest BCUT2D eigenvalue weighted by Gasteiger charge is 2.20. The lowest BCUT2D eigenvalue weighted by Crippen LogP contribution is -2.29. The van der Waals surface area contributed by atoms with Crippen molar-refractivity contribution in [2.75, 3.05) is 13.2 Å². The highest BCUT2D eigenvalue weighted by atomic mass is 19.1. The zero-order valence-corrected chi connectivity index (χ0v) is 10.9. The Balaban J connectivity index is 2.02. The molecule has 1 aliphatic heterocycles. The number of halogens is 1. The van der Waals surface area contributed by atoms with E-state index in [1.807, 2.05) is 0 Å². The molecule has 0 radical (unpaired) electrons. The van der Waals surface area contributed by atoms with Gasteiger partial charge < -0.3 is 10.1 Å². The number of hydrogen-bond acceptors (Lipinski definition) is 3. The average Bonchev–Trinajstić information content (AvgIpc) is 2.39. The molecule has 2 unspecified atom stereocenters. The summed E-state index contributed by atoms with van der Waals surface area (Å²) in [5, 5.41) is 3.39. The number of rotatable bonds is 5. The standard InChI is InChI=1S/C14H21FN2O/c1-2-17-14(8-13-5-3-4-6-18-13)11-7-12(15)10-16-9-11/h7,9-10,13-14,17H,2-6,8H2,1H3. The van der Waals surface area contributed by atoms with Crippen LogP contribution < -0.4 is 5.32 Å². The lowest BCUT2D eigenvalue weighted by molar-refractivity contribution is 0.00510. The predicted molar refractivity (Wildman–Crippen MR) is 68.8 cm³/mol. The molecule has 3 nitrogen and oxygen atoms in total. The summed E-state index contributed by atoms with van der Waals surface area (Å²) in [7, 11) is 0. The Bertz CT molecular complexity index is 367. The van der Waals surface area contributed by atoms with E-state index in [4.69, 9.17) is 4.74 Å². The summed E-state index contributed by atoms with van der Waals surface area (Å²) in [4.78, 5) is 3.92. The van der Waals surface area contributed by atoms with Crippen molar-refractivity contribution >= 4 is 0 Å². The Morgan fingerprint density at radius 1 is 1.50 bits per heavy atom. The third kappa shape index (κ3) is 3.75. The lowest BCUT2D eigenvalue weighted by atomic mass is 9.97. The first-order chi connectivity index (χ1) is 8.79. The minimum absolute atomic E-state index is 0.126. The maximum Gasteiger partial charge on any atom is 0.141 e. The van der Waals surface area contributed by atoms with Crippen molar-refractivity contribution in [3.8, 4) is 0 Å². The zero-order valence-electron chi connectivity index (χ0n) is 10.9. The van der Waals surface area contributed by atoms with Crippen molar-refractivity contribution in [1.29, 1.82) is 0 Å². The molecular weight excluding hydrogens is 231 g/mol. The third-order valence-electron chi connectivity index (χ3n) is 3.35. The number of ether oxygens (including phenoxy) is 1. The van der Waals surface area contributed by atoms with Crippen LogP contribution in [0.4, 0.5) is 4.39 Å². The molecule has 1 aromatic rings. The largest absolute Gasteiger partial charge is 0.378 e. The van der Waals surface area contributed by atoms with Gasteiger partial charge in [-0.2, -0.15) is 0 Å². The van der Waals surface area contributed by atoms with Gasteiger partial charge in [0.05, 0.1) is 12.3 Å². The molecule has 0 amide bonds. The Morgan fingerprint density at radius 2 is 2.39 bits per heavy atom. The number of nitrogens with one attached hydrogen (secondary N) is 1. The zero-order chi connectivity index (χ0) is 12.8. The first-order valence-electron chi connectivity index (χ1n) is 6.75. The summed E-state index contributed by atoms with van der Waals surface area (Å²) in [5.41, 5.74) is 0.908. The molecule has 1 fully saturated rings. The molecule has 4 heteroatoms. The Morgan fingerprint density at radius 3 is 3.06 bits per heavy atom. The van der Waals surface area contributed by atoms with Gasteiger partial charge in [-0.3, -0.25) is 4.98 Å². The van der Waals surface area contributed by atoms with Crippen LogP contribution in [0.1, 0.15) is 44.2 Å². The van der Waals surface area contributed by atoms with Gasteiger partial charge in [0.2, 0.25) is 0 Å². The normalized spacial score (nSPS) is 21.8. The molecule has 1 aliphatic rings. The van der Waals surface area contributed by atoms with E-state index in [0.717, 1.165) is 38.0 Å². The minimum atomic E-state index is -0.278. The topological polar surface area (TPSA) is 34.1 Å². The van der Waals surface area contributed by atoms with Crippen LogP contribution in [-0.4, -0.2) is 24.2 Å². The molecule has 0 saturated carbocycles. The highest BCUT2D eigenvalue weighted by Crippen LogP contribution is 2.24. The Labute approximate surface area is 108 Å². The van der Waals surface area contributed by atoms with Crippen LogP contribution >= 0.6 is 0 Å². The molecule has 100 valence electrons. The van der Waals surface area contributed by atoms with Crippen LogP contribution in [0.5, 0.6) is 0 Å². The molecule has 1 aromatic heterocycles. The Kier molecular flexibility index (Phi) is 5.08. The van der Waals surface area contributed by atoms with Gasteiger partial charge in [-0.25, -0.2) is 4.39 Å². The van der Waals surface area contributed by atoms with Gasteiger partial charge in [0, 0.05) is 18.8 Å². The molecule has 0 spiro atoms. The van der Waals surface area contributed by atoms with Gasteiger partial charge in [0.25, 0.3) is 0 Å². The first kappa shape index (κ1) is 13.4. The van der Waals surface area contributed by atoms with E-state index in [1.54, 1.807) is 12.3 Å². The van der Waals surface area contributed by atoms with Gasteiger partial charge in [-0.15, -0.1) is 0 Å². The van der Waals surface area contributed by atoms with Gasteiger partial charge in [0.1, 0.15) is 5.82 Å². The fourth-order valence-corrected chi connectivity index (χ4v) is 2.46. The predicted octanol–water partition coefficient (Wildman–Crippen LogP) is 2.83. The molecule has 1 N–H and O–H groups in total. The lowest BCUT2D eigenvalue weighted by Gasteiger charge is -2.27. The SMILES string of the molecule is CCNC(CC1CCCCO1)c1cncc(F)c1. The fraction of sp³-hybridized carbons (Fsp3) is 0.643. The summed E-state index contributed by atoms with van der Waals surface area (Å²) >= 11 is 0. The van der Waals surface area contributed by atoms with Crippen molar-refractivity contribution < 1.29 is 9.13 Å². The van der Waals surface area contributed by atoms with E-state index in [-0.39, 0.29) is 18.0 Å². The smallest absolute Gasteiger partial charge is 0.141 e. The summed E-state index contributed by atoms with van der Waals surface area (Å²) in [6.45, 7) is 3.76. The molecule has 0 bridgehead atoms. The second-order valence-electron chi connectivity index (χ2n) is 4.77. The molecule has 0 aliphatic carbocycles. The van der Waals surface area contributed by atoms with Gasteiger partial charge >= 0.3 is 0 Å².